The number of hydrogen-bond donors (Lipinski definition) is 3. The van der Waals surface area contributed by atoms with E-state index in [0.717, 1.165) is 21.8 Å². The van der Waals surface area contributed by atoms with Gasteiger partial charge in [-0.3, -0.25) is 5.41 Å². The molecule has 1 aromatic heterocycles. The molecule has 28 heavy (non-hydrogen) atoms. The lowest BCUT2D eigenvalue weighted by atomic mass is 10.1. The van der Waals surface area contributed by atoms with Crippen LogP contribution in [0.5, 0.6) is 0 Å². The Morgan fingerprint density at radius 3 is 2.36 bits per heavy atom. The van der Waals surface area contributed by atoms with Crippen molar-refractivity contribution in [1.82, 2.24) is 4.57 Å². The van der Waals surface area contributed by atoms with Gasteiger partial charge in [0.15, 0.2) is 11.9 Å². The number of hydrogen-bond acceptors (Lipinski definition) is 3. The van der Waals surface area contributed by atoms with Crippen molar-refractivity contribution in [1.29, 1.82) is 5.41 Å². The minimum Gasteiger partial charge on any atom is -0.479 e. The molecule has 3 aromatic carbocycles. The van der Waals surface area contributed by atoms with Gasteiger partial charge in [-0.1, -0.05) is 53.8 Å². The fourth-order valence-electron chi connectivity index (χ4n) is 3.58. The summed E-state index contributed by atoms with van der Waals surface area (Å²) in [5, 5.41) is 26.5. The third-order valence-corrected chi connectivity index (χ3v) is 4.75. The number of para-hydroxylation sites is 1. The van der Waals surface area contributed by atoms with Gasteiger partial charge < -0.3 is 15.5 Å². The maximum absolute atomic E-state index is 12.2. The molecule has 0 spiro atoms. The number of carboxylic acid groups (broad SMARTS) is 1. The molecule has 0 fully saturated rings. The monoisotopic (exact) mass is 371 g/mol. The number of nitrogens with one attached hydrogen (secondary N) is 1. The van der Waals surface area contributed by atoms with Crippen molar-refractivity contribution in [2.75, 3.05) is 0 Å². The molecule has 0 aliphatic carbocycles. The van der Waals surface area contributed by atoms with E-state index >= 15 is 0 Å². The second kappa shape index (κ2) is 6.96. The molecule has 0 bridgehead atoms. The molecule has 4 rings (SSSR count). The highest BCUT2D eigenvalue weighted by Crippen LogP contribution is 2.35. The van der Waals surface area contributed by atoms with E-state index in [0.29, 0.717) is 11.1 Å². The van der Waals surface area contributed by atoms with Gasteiger partial charge in [-0.05, 0) is 29.8 Å². The van der Waals surface area contributed by atoms with E-state index in [1.54, 1.807) is 6.07 Å². The van der Waals surface area contributed by atoms with Crippen molar-refractivity contribution in [3.8, 4) is 0 Å². The molecule has 0 saturated heterocycles. The highest BCUT2D eigenvalue weighted by atomic mass is 16.4. The van der Waals surface area contributed by atoms with Gasteiger partial charge in [0.05, 0.1) is 11.0 Å². The Kier molecular flexibility index (Phi) is 4.33. The largest absolute Gasteiger partial charge is 0.479 e. The zero-order valence-electron chi connectivity index (χ0n) is 14.8. The summed E-state index contributed by atoms with van der Waals surface area (Å²) >= 11 is 0. The van der Waals surface area contributed by atoms with Gasteiger partial charge in [0, 0.05) is 16.3 Å². The summed E-state index contributed by atoms with van der Waals surface area (Å²) in [7, 11) is 0. The van der Waals surface area contributed by atoms with Crippen LogP contribution in [0.15, 0.2) is 83.1 Å². The standard InChI is InChI=1S/C21H17N5O2/c22-20(24-25-23)14-10-11-18-16(12-14)15-8-4-5-9-17(15)26(18)19(21(27)28)13-6-2-1-3-7-13/h1-12,19H,(H,27,28)(H3,22,23,24). The first kappa shape index (κ1) is 17.4. The van der Waals surface area contributed by atoms with Crippen molar-refractivity contribution >= 4 is 33.6 Å². The van der Waals surface area contributed by atoms with Gasteiger partial charge in [0.1, 0.15) is 0 Å². The quantitative estimate of drug-likeness (QED) is 0.165. The number of nitrogens with zero attached hydrogens (tertiary/aromatic N) is 3. The molecule has 1 atom stereocenters. The Hall–Kier alpha value is -4.00. The van der Waals surface area contributed by atoms with E-state index in [1.165, 1.54) is 0 Å². The van der Waals surface area contributed by atoms with Crippen LogP contribution in [-0.4, -0.2) is 21.5 Å². The Labute approximate surface area is 160 Å². The van der Waals surface area contributed by atoms with Crippen LogP contribution >= 0.6 is 0 Å². The molecule has 0 aliphatic rings. The summed E-state index contributed by atoms with van der Waals surface area (Å²) in [5.74, 6) is 4.06. The van der Waals surface area contributed by atoms with E-state index in [9.17, 15) is 9.90 Å². The van der Waals surface area contributed by atoms with E-state index in [4.69, 9.17) is 11.3 Å². The van der Waals surface area contributed by atoms with Crippen molar-refractivity contribution < 1.29 is 9.90 Å². The molecule has 1 heterocycles. The summed E-state index contributed by atoms with van der Waals surface area (Å²) in [6.07, 6.45) is 0. The van der Waals surface area contributed by atoms with Crippen LogP contribution in [0.3, 0.4) is 0 Å². The summed E-state index contributed by atoms with van der Waals surface area (Å²) in [6.45, 7) is 0. The SMILES string of the molecule is N=C(N=NN)c1ccc2c(c1)c1ccccc1n2C(C(=O)O)c1ccccc1. The predicted octanol–water partition coefficient (Wildman–Crippen LogP) is 4.12. The van der Waals surface area contributed by atoms with Crippen molar-refractivity contribution in [3.63, 3.8) is 0 Å². The van der Waals surface area contributed by atoms with E-state index in [-0.39, 0.29) is 5.84 Å². The Balaban J connectivity index is 2.04. The first-order valence-electron chi connectivity index (χ1n) is 8.62. The fraction of sp³-hybridized carbons (Fsp3) is 0.0476. The van der Waals surface area contributed by atoms with Crippen molar-refractivity contribution in [3.05, 3.63) is 83.9 Å². The molecule has 7 heteroatoms. The zero-order chi connectivity index (χ0) is 19.7. The average molecular weight is 371 g/mol. The van der Waals surface area contributed by atoms with E-state index in [2.05, 4.69) is 10.3 Å². The highest BCUT2D eigenvalue weighted by molar-refractivity contribution is 6.11. The summed E-state index contributed by atoms with van der Waals surface area (Å²) in [4.78, 5) is 12.2. The van der Waals surface area contributed by atoms with Crippen LogP contribution in [0.25, 0.3) is 21.8 Å². The number of rotatable bonds is 4. The van der Waals surface area contributed by atoms with Crippen molar-refractivity contribution in [2.24, 2.45) is 16.2 Å². The summed E-state index contributed by atoms with van der Waals surface area (Å²) in [5.41, 5.74) is 2.80. The minimum absolute atomic E-state index is 0.0564. The van der Waals surface area contributed by atoms with Gasteiger partial charge in [0.2, 0.25) is 0 Å². The number of carboxylic acids is 1. The first-order valence-corrected chi connectivity index (χ1v) is 8.62. The maximum Gasteiger partial charge on any atom is 0.331 e. The second-order valence-corrected chi connectivity index (χ2v) is 6.33. The highest BCUT2D eigenvalue weighted by Gasteiger charge is 2.26. The average Bonchev–Trinajstić information content (AvgIpc) is 3.03. The van der Waals surface area contributed by atoms with Gasteiger partial charge in [0.25, 0.3) is 0 Å². The second-order valence-electron chi connectivity index (χ2n) is 6.33. The summed E-state index contributed by atoms with van der Waals surface area (Å²) < 4.78 is 1.82. The Morgan fingerprint density at radius 2 is 1.64 bits per heavy atom. The van der Waals surface area contributed by atoms with Gasteiger partial charge in [-0.25, -0.2) is 4.79 Å². The number of aromatic nitrogens is 1. The maximum atomic E-state index is 12.2. The van der Waals surface area contributed by atoms with Gasteiger partial charge in [-0.15, -0.1) is 5.11 Å². The summed E-state index contributed by atoms with van der Waals surface area (Å²) in [6, 6.07) is 21.2. The molecule has 138 valence electrons. The van der Waals surface area contributed by atoms with Gasteiger partial charge in [-0.2, -0.15) is 0 Å². The molecule has 0 amide bonds. The molecule has 4 N–H and O–H groups in total. The number of benzene rings is 3. The van der Waals surface area contributed by atoms with E-state index in [1.807, 2.05) is 71.3 Å². The molecule has 0 aliphatic heterocycles. The Bertz CT molecular complexity index is 1230. The van der Waals surface area contributed by atoms with Crippen LogP contribution < -0.4 is 5.84 Å². The number of nitrogens with two attached hydrogens (primary N) is 1. The van der Waals surface area contributed by atoms with E-state index < -0.39 is 12.0 Å². The topological polar surface area (TPSA) is 117 Å². The smallest absolute Gasteiger partial charge is 0.331 e. The van der Waals surface area contributed by atoms with Gasteiger partial charge >= 0.3 is 5.97 Å². The third kappa shape index (κ3) is 2.79. The van der Waals surface area contributed by atoms with Crippen molar-refractivity contribution in [2.45, 2.75) is 6.04 Å². The molecular formula is C21H17N5O2. The minimum atomic E-state index is -0.942. The fourth-order valence-corrected chi connectivity index (χ4v) is 3.58. The third-order valence-electron chi connectivity index (χ3n) is 4.75. The van der Waals surface area contributed by atoms with Crippen LogP contribution in [0, 0.1) is 5.41 Å². The lowest BCUT2D eigenvalue weighted by Gasteiger charge is -2.18. The van der Waals surface area contributed by atoms with Crippen LogP contribution in [0.2, 0.25) is 0 Å². The molecule has 1 unspecified atom stereocenters. The molecule has 7 nitrogen and oxygen atoms in total. The normalized spacial score (nSPS) is 12.6. The number of aliphatic carboxylic acids is 1. The molecule has 0 radical (unpaired) electrons. The lowest BCUT2D eigenvalue weighted by Crippen LogP contribution is -2.20. The first-order chi connectivity index (χ1) is 13.6. The molecule has 0 saturated carbocycles. The lowest BCUT2D eigenvalue weighted by molar-refractivity contribution is -0.139. The predicted molar refractivity (Wildman–Crippen MR) is 108 cm³/mol. The number of carbonyl (C=O) groups is 1. The number of amidine groups is 1. The molecule has 4 aromatic rings. The van der Waals surface area contributed by atoms with Crippen LogP contribution in [0.1, 0.15) is 17.2 Å². The zero-order valence-corrected chi connectivity index (χ0v) is 14.8. The molecular weight excluding hydrogens is 354 g/mol. The van der Waals surface area contributed by atoms with Crippen LogP contribution in [0.4, 0.5) is 0 Å². The number of fused-ring (bicyclic) bond motifs is 3. The van der Waals surface area contributed by atoms with Crippen LogP contribution in [-0.2, 0) is 4.79 Å². The Morgan fingerprint density at radius 1 is 0.964 bits per heavy atom.